The zero-order valence-electron chi connectivity index (χ0n) is 13.3. The van der Waals surface area contributed by atoms with Crippen molar-refractivity contribution in [3.63, 3.8) is 0 Å². The van der Waals surface area contributed by atoms with Gasteiger partial charge in [-0.3, -0.25) is 0 Å². The van der Waals surface area contributed by atoms with Crippen molar-refractivity contribution < 1.29 is 4.39 Å². The van der Waals surface area contributed by atoms with Crippen molar-refractivity contribution in [1.29, 1.82) is 0 Å². The summed E-state index contributed by atoms with van der Waals surface area (Å²) in [5.41, 5.74) is 2.94. The maximum absolute atomic E-state index is 13.9. The van der Waals surface area contributed by atoms with Gasteiger partial charge in [0.1, 0.15) is 5.82 Å². The van der Waals surface area contributed by atoms with Gasteiger partial charge in [0.15, 0.2) is 0 Å². The van der Waals surface area contributed by atoms with Gasteiger partial charge >= 0.3 is 0 Å². The van der Waals surface area contributed by atoms with Crippen molar-refractivity contribution in [3.8, 4) is 0 Å². The van der Waals surface area contributed by atoms with Gasteiger partial charge in [-0.05, 0) is 55.9 Å². The average molecular weight is 287 g/mol. The zero-order chi connectivity index (χ0) is 15.4. The topological polar surface area (TPSA) is 12.0 Å². The second kappa shape index (κ2) is 7.04. The fourth-order valence-electron chi connectivity index (χ4n) is 2.76. The lowest BCUT2D eigenvalue weighted by Gasteiger charge is -2.25. The largest absolute Gasteiger partial charge is 0.303 e. The van der Waals surface area contributed by atoms with E-state index in [1.807, 2.05) is 19.1 Å². The molecule has 0 radical (unpaired) electrons. The van der Waals surface area contributed by atoms with E-state index >= 15 is 0 Å². The molecular formula is C19H26FN. The van der Waals surface area contributed by atoms with Crippen molar-refractivity contribution >= 4 is 0 Å². The Morgan fingerprint density at radius 3 is 2.71 bits per heavy atom. The van der Waals surface area contributed by atoms with Gasteiger partial charge in [-0.2, -0.15) is 0 Å². The molecule has 1 N–H and O–H groups in total. The minimum atomic E-state index is -0.113. The highest BCUT2D eigenvalue weighted by Gasteiger charge is 2.27. The van der Waals surface area contributed by atoms with Crippen LogP contribution in [0.5, 0.6) is 0 Å². The maximum Gasteiger partial charge on any atom is 0.126 e. The molecule has 0 amide bonds. The minimum absolute atomic E-state index is 0.113. The molecule has 1 nitrogen and oxygen atoms in total. The predicted octanol–water partition coefficient (Wildman–Crippen LogP) is 5.09. The van der Waals surface area contributed by atoms with E-state index in [9.17, 15) is 4.39 Å². The SMILES string of the molecule is C=C/C(=C\C)[C@H](C)N[C@@H](CC1CC1)c1ccc(C)c(F)c1. The van der Waals surface area contributed by atoms with Crippen LogP contribution in [0.2, 0.25) is 0 Å². The highest BCUT2D eigenvalue weighted by molar-refractivity contribution is 5.28. The molecule has 0 aromatic heterocycles. The van der Waals surface area contributed by atoms with E-state index < -0.39 is 0 Å². The third-order valence-corrected chi connectivity index (χ3v) is 4.38. The number of hydrogen-bond donors (Lipinski definition) is 1. The molecule has 0 saturated heterocycles. The van der Waals surface area contributed by atoms with Crippen LogP contribution in [0.1, 0.15) is 50.3 Å². The molecule has 1 saturated carbocycles. The number of halogens is 1. The lowest BCUT2D eigenvalue weighted by atomic mass is 9.97. The minimum Gasteiger partial charge on any atom is -0.303 e. The normalized spacial score (nSPS) is 18.4. The van der Waals surface area contributed by atoms with Gasteiger partial charge < -0.3 is 5.32 Å². The van der Waals surface area contributed by atoms with Crippen LogP contribution in [0.3, 0.4) is 0 Å². The van der Waals surface area contributed by atoms with Gasteiger partial charge in [-0.1, -0.05) is 43.7 Å². The van der Waals surface area contributed by atoms with Crippen LogP contribution in [-0.2, 0) is 0 Å². The monoisotopic (exact) mass is 287 g/mol. The summed E-state index contributed by atoms with van der Waals surface area (Å²) in [6, 6.07) is 6.04. The molecule has 1 aliphatic carbocycles. The number of nitrogens with one attached hydrogen (secondary N) is 1. The molecule has 2 atom stereocenters. The second-order valence-corrected chi connectivity index (χ2v) is 6.12. The van der Waals surface area contributed by atoms with E-state index in [0.29, 0.717) is 5.56 Å². The summed E-state index contributed by atoms with van der Waals surface area (Å²) in [7, 11) is 0. The first-order chi connectivity index (χ1) is 10.0. The Kier molecular flexibility index (Phi) is 5.35. The smallest absolute Gasteiger partial charge is 0.126 e. The van der Waals surface area contributed by atoms with Crippen LogP contribution in [-0.4, -0.2) is 6.04 Å². The van der Waals surface area contributed by atoms with Crippen molar-refractivity contribution in [1.82, 2.24) is 5.32 Å². The van der Waals surface area contributed by atoms with Crippen molar-refractivity contribution in [3.05, 3.63) is 59.4 Å². The number of hydrogen-bond acceptors (Lipinski definition) is 1. The first-order valence-electron chi connectivity index (χ1n) is 7.86. The summed E-state index contributed by atoms with van der Waals surface area (Å²) in [6.45, 7) is 9.83. The molecule has 114 valence electrons. The lowest BCUT2D eigenvalue weighted by molar-refractivity contribution is 0.443. The highest BCUT2D eigenvalue weighted by atomic mass is 19.1. The molecule has 2 rings (SSSR count). The average Bonchev–Trinajstić information content (AvgIpc) is 3.26. The van der Waals surface area contributed by atoms with Crippen LogP contribution in [0, 0.1) is 18.7 Å². The Balaban J connectivity index is 2.17. The zero-order valence-corrected chi connectivity index (χ0v) is 13.3. The van der Waals surface area contributed by atoms with Gasteiger partial charge in [0.25, 0.3) is 0 Å². The standard InChI is InChI=1S/C19H26FN/c1-5-16(6-2)14(4)21-19(11-15-8-9-15)17-10-7-13(3)18(20)12-17/h5-7,10,12,14-15,19,21H,1,8-9,11H2,2-4H3/b16-6+/t14-,19-/m0/s1. The molecule has 0 spiro atoms. The fraction of sp³-hybridized carbons (Fsp3) is 0.474. The Labute approximate surface area is 128 Å². The van der Waals surface area contributed by atoms with E-state index in [2.05, 4.69) is 31.0 Å². The van der Waals surface area contributed by atoms with Gasteiger partial charge in [0.2, 0.25) is 0 Å². The summed E-state index contributed by atoms with van der Waals surface area (Å²) >= 11 is 0. The number of benzene rings is 1. The third-order valence-electron chi connectivity index (χ3n) is 4.38. The molecule has 21 heavy (non-hydrogen) atoms. The van der Waals surface area contributed by atoms with Gasteiger partial charge in [-0.15, -0.1) is 0 Å². The number of rotatable bonds is 7. The third kappa shape index (κ3) is 4.28. The van der Waals surface area contributed by atoms with Crippen LogP contribution in [0.25, 0.3) is 0 Å². The number of aryl methyl sites for hydroxylation is 1. The first kappa shape index (κ1) is 16.0. The Bertz CT molecular complexity index is 528. The molecule has 2 heteroatoms. The Morgan fingerprint density at radius 2 is 2.19 bits per heavy atom. The molecular weight excluding hydrogens is 261 g/mol. The summed E-state index contributed by atoms with van der Waals surface area (Å²) in [4.78, 5) is 0. The van der Waals surface area contributed by atoms with Gasteiger partial charge in [0, 0.05) is 12.1 Å². The van der Waals surface area contributed by atoms with Crippen LogP contribution in [0.15, 0.2) is 42.5 Å². The second-order valence-electron chi connectivity index (χ2n) is 6.12. The van der Waals surface area contributed by atoms with E-state index in [-0.39, 0.29) is 17.9 Å². The maximum atomic E-state index is 13.9. The van der Waals surface area contributed by atoms with Gasteiger partial charge in [0.05, 0.1) is 0 Å². The summed E-state index contributed by atoms with van der Waals surface area (Å²) in [5, 5.41) is 3.65. The lowest BCUT2D eigenvalue weighted by Crippen LogP contribution is -2.32. The van der Waals surface area contributed by atoms with Crippen LogP contribution in [0.4, 0.5) is 4.39 Å². The molecule has 0 aliphatic heterocycles. The quantitative estimate of drug-likeness (QED) is 0.689. The molecule has 1 fully saturated rings. The first-order valence-corrected chi connectivity index (χ1v) is 7.86. The summed E-state index contributed by atoms with van der Waals surface area (Å²) < 4.78 is 13.9. The van der Waals surface area contributed by atoms with Crippen LogP contribution >= 0.6 is 0 Å². The van der Waals surface area contributed by atoms with E-state index in [1.165, 1.54) is 18.4 Å². The molecule has 0 bridgehead atoms. The molecule has 0 unspecified atom stereocenters. The molecule has 0 heterocycles. The molecule has 1 aromatic rings. The summed E-state index contributed by atoms with van der Waals surface area (Å²) in [6.07, 6.45) is 7.66. The highest BCUT2D eigenvalue weighted by Crippen LogP contribution is 2.38. The fourth-order valence-corrected chi connectivity index (χ4v) is 2.76. The Hall–Kier alpha value is -1.41. The number of allylic oxidation sites excluding steroid dienone is 1. The van der Waals surface area contributed by atoms with Crippen molar-refractivity contribution in [2.75, 3.05) is 0 Å². The van der Waals surface area contributed by atoms with E-state index in [4.69, 9.17) is 0 Å². The van der Waals surface area contributed by atoms with Crippen molar-refractivity contribution in [2.45, 2.75) is 52.1 Å². The predicted molar refractivity (Wildman–Crippen MR) is 87.8 cm³/mol. The van der Waals surface area contributed by atoms with Gasteiger partial charge in [-0.25, -0.2) is 4.39 Å². The summed E-state index contributed by atoms with van der Waals surface area (Å²) in [5.74, 6) is 0.676. The van der Waals surface area contributed by atoms with Crippen LogP contribution < -0.4 is 5.32 Å². The molecule has 1 aliphatic rings. The van der Waals surface area contributed by atoms with E-state index in [0.717, 1.165) is 17.9 Å². The van der Waals surface area contributed by atoms with Crippen molar-refractivity contribution in [2.24, 2.45) is 5.92 Å². The Morgan fingerprint density at radius 1 is 1.48 bits per heavy atom. The molecule has 1 aromatic carbocycles. The van der Waals surface area contributed by atoms with E-state index in [1.54, 1.807) is 13.0 Å².